The van der Waals surface area contributed by atoms with Gasteiger partial charge < -0.3 is 4.42 Å². The standard InChI is InChI=1S/C19H32O2/c1-5-7-8-9-10-11-12-13-14-18-15(3)19(20)17(6-2)16(4)21-18/h5-14H2,1-4H3. The lowest BCUT2D eigenvalue weighted by Gasteiger charge is -2.09. The molecule has 1 heterocycles. The summed E-state index contributed by atoms with van der Waals surface area (Å²) in [5.41, 5.74) is 1.85. The normalized spacial score (nSPS) is 11.0. The van der Waals surface area contributed by atoms with Crippen LogP contribution in [0.15, 0.2) is 9.21 Å². The molecule has 0 radical (unpaired) electrons. The van der Waals surface area contributed by atoms with Crippen LogP contribution in [0, 0.1) is 13.8 Å². The summed E-state index contributed by atoms with van der Waals surface area (Å²) in [6.45, 7) is 8.08. The fourth-order valence-corrected chi connectivity index (χ4v) is 2.90. The minimum Gasteiger partial charge on any atom is -0.466 e. The molecule has 0 saturated carbocycles. The Morgan fingerprint density at radius 1 is 0.857 bits per heavy atom. The van der Waals surface area contributed by atoms with E-state index in [2.05, 4.69) is 6.92 Å². The Morgan fingerprint density at radius 3 is 2.00 bits per heavy atom. The molecule has 0 amide bonds. The summed E-state index contributed by atoms with van der Waals surface area (Å²) in [6.07, 6.45) is 12.1. The number of unbranched alkanes of at least 4 members (excludes halogenated alkanes) is 7. The van der Waals surface area contributed by atoms with Gasteiger partial charge in [-0.05, 0) is 26.7 Å². The Kier molecular flexibility index (Phi) is 8.41. The van der Waals surface area contributed by atoms with E-state index in [4.69, 9.17) is 4.42 Å². The van der Waals surface area contributed by atoms with E-state index >= 15 is 0 Å². The van der Waals surface area contributed by atoms with E-state index in [1.807, 2.05) is 20.8 Å². The second-order valence-corrected chi connectivity index (χ2v) is 6.09. The maximum atomic E-state index is 12.2. The molecule has 1 aromatic heterocycles. The molecule has 0 fully saturated rings. The van der Waals surface area contributed by atoms with Gasteiger partial charge in [-0.3, -0.25) is 4.79 Å². The highest BCUT2D eigenvalue weighted by atomic mass is 16.3. The summed E-state index contributed by atoms with van der Waals surface area (Å²) in [7, 11) is 0. The van der Waals surface area contributed by atoms with Gasteiger partial charge in [0, 0.05) is 17.5 Å². The SMILES string of the molecule is CCCCCCCCCCc1oc(C)c(CC)c(=O)c1C. The van der Waals surface area contributed by atoms with Gasteiger partial charge in [0.1, 0.15) is 11.5 Å². The Morgan fingerprint density at radius 2 is 1.43 bits per heavy atom. The van der Waals surface area contributed by atoms with Crippen LogP contribution < -0.4 is 5.43 Å². The quantitative estimate of drug-likeness (QED) is 0.533. The van der Waals surface area contributed by atoms with Crippen LogP contribution in [-0.4, -0.2) is 0 Å². The summed E-state index contributed by atoms with van der Waals surface area (Å²) in [5, 5.41) is 0. The zero-order valence-corrected chi connectivity index (χ0v) is 14.4. The summed E-state index contributed by atoms with van der Waals surface area (Å²) >= 11 is 0. The van der Waals surface area contributed by atoms with E-state index < -0.39 is 0 Å². The molecular weight excluding hydrogens is 260 g/mol. The van der Waals surface area contributed by atoms with Gasteiger partial charge in [-0.2, -0.15) is 0 Å². The van der Waals surface area contributed by atoms with E-state index in [1.165, 1.54) is 44.9 Å². The molecule has 21 heavy (non-hydrogen) atoms. The van der Waals surface area contributed by atoms with Crippen LogP contribution >= 0.6 is 0 Å². The van der Waals surface area contributed by atoms with Gasteiger partial charge in [0.05, 0.1) is 0 Å². The Balaban J connectivity index is 2.38. The lowest BCUT2D eigenvalue weighted by atomic mass is 10.0. The van der Waals surface area contributed by atoms with Crippen molar-refractivity contribution in [3.05, 3.63) is 32.9 Å². The summed E-state index contributed by atoms with van der Waals surface area (Å²) in [4.78, 5) is 12.2. The first-order chi connectivity index (χ1) is 10.1. The average Bonchev–Trinajstić information content (AvgIpc) is 2.47. The Bertz CT molecular complexity index is 471. The smallest absolute Gasteiger partial charge is 0.191 e. The third kappa shape index (κ3) is 5.68. The number of hydrogen-bond acceptors (Lipinski definition) is 2. The number of hydrogen-bond donors (Lipinski definition) is 0. The first kappa shape index (κ1) is 18.0. The van der Waals surface area contributed by atoms with E-state index in [0.717, 1.165) is 41.9 Å². The first-order valence-electron chi connectivity index (χ1n) is 8.73. The summed E-state index contributed by atoms with van der Waals surface area (Å²) < 4.78 is 5.87. The van der Waals surface area contributed by atoms with Crippen molar-refractivity contribution in [3.8, 4) is 0 Å². The minimum atomic E-state index is 0.191. The second kappa shape index (κ2) is 9.81. The molecule has 0 aliphatic carbocycles. The first-order valence-corrected chi connectivity index (χ1v) is 8.73. The highest BCUT2D eigenvalue weighted by Crippen LogP contribution is 2.16. The molecule has 0 spiro atoms. The molecule has 1 rings (SSSR count). The molecule has 0 aromatic carbocycles. The van der Waals surface area contributed by atoms with Crippen molar-refractivity contribution < 1.29 is 4.42 Å². The van der Waals surface area contributed by atoms with Crippen molar-refractivity contribution in [1.82, 2.24) is 0 Å². The lowest BCUT2D eigenvalue weighted by molar-refractivity contribution is 0.441. The summed E-state index contributed by atoms with van der Waals surface area (Å²) in [5.74, 6) is 1.71. The van der Waals surface area contributed by atoms with E-state index in [1.54, 1.807) is 0 Å². The molecular formula is C19H32O2. The van der Waals surface area contributed by atoms with Crippen molar-refractivity contribution >= 4 is 0 Å². The van der Waals surface area contributed by atoms with Gasteiger partial charge in [0.25, 0.3) is 0 Å². The third-order valence-corrected chi connectivity index (χ3v) is 4.35. The zero-order chi connectivity index (χ0) is 15.7. The zero-order valence-electron chi connectivity index (χ0n) is 14.4. The molecule has 120 valence electrons. The maximum Gasteiger partial charge on any atom is 0.191 e. The number of rotatable bonds is 10. The molecule has 0 bridgehead atoms. The van der Waals surface area contributed by atoms with Crippen LogP contribution in [0.3, 0.4) is 0 Å². The average molecular weight is 292 g/mol. The van der Waals surface area contributed by atoms with Gasteiger partial charge in [0.2, 0.25) is 0 Å². The van der Waals surface area contributed by atoms with Crippen LogP contribution in [0.2, 0.25) is 0 Å². The molecule has 2 heteroatoms. The van der Waals surface area contributed by atoms with Crippen LogP contribution in [0.25, 0.3) is 0 Å². The van der Waals surface area contributed by atoms with Gasteiger partial charge >= 0.3 is 0 Å². The van der Waals surface area contributed by atoms with Gasteiger partial charge in [-0.1, -0.05) is 58.8 Å². The van der Waals surface area contributed by atoms with Crippen molar-refractivity contribution in [1.29, 1.82) is 0 Å². The summed E-state index contributed by atoms with van der Waals surface area (Å²) in [6, 6.07) is 0. The van der Waals surface area contributed by atoms with Gasteiger partial charge in [-0.25, -0.2) is 0 Å². The monoisotopic (exact) mass is 292 g/mol. The predicted molar refractivity (Wildman–Crippen MR) is 90.1 cm³/mol. The van der Waals surface area contributed by atoms with Crippen molar-refractivity contribution in [2.24, 2.45) is 0 Å². The molecule has 2 nitrogen and oxygen atoms in total. The van der Waals surface area contributed by atoms with E-state index in [9.17, 15) is 4.79 Å². The molecule has 0 N–H and O–H groups in total. The van der Waals surface area contributed by atoms with Crippen LogP contribution in [0.4, 0.5) is 0 Å². The van der Waals surface area contributed by atoms with Crippen molar-refractivity contribution in [3.63, 3.8) is 0 Å². The molecule has 0 unspecified atom stereocenters. The maximum absolute atomic E-state index is 12.2. The third-order valence-electron chi connectivity index (χ3n) is 4.35. The molecule has 0 aliphatic rings. The van der Waals surface area contributed by atoms with Gasteiger partial charge in [0.15, 0.2) is 5.43 Å². The highest BCUT2D eigenvalue weighted by molar-refractivity contribution is 5.26. The largest absolute Gasteiger partial charge is 0.466 e. The Hall–Kier alpha value is -1.05. The van der Waals surface area contributed by atoms with Crippen LogP contribution in [-0.2, 0) is 12.8 Å². The minimum absolute atomic E-state index is 0.191. The Labute approximate surface area is 130 Å². The second-order valence-electron chi connectivity index (χ2n) is 6.09. The van der Waals surface area contributed by atoms with Gasteiger partial charge in [-0.15, -0.1) is 0 Å². The lowest BCUT2D eigenvalue weighted by Crippen LogP contribution is -2.15. The topological polar surface area (TPSA) is 30.2 Å². The highest BCUT2D eigenvalue weighted by Gasteiger charge is 2.12. The fraction of sp³-hybridized carbons (Fsp3) is 0.737. The molecule has 0 saturated heterocycles. The fourth-order valence-electron chi connectivity index (χ4n) is 2.90. The molecule has 0 atom stereocenters. The van der Waals surface area contributed by atoms with Crippen LogP contribution in [0.1, 0.15) is 87.9 Å². The van der Waals surface area contributed by atoms with E-state index in [-0.39, 0.29) is 5.43 Å². The number of aryl methyl sites for hydroxylation is 2. The van der Waals surface area contributed by atoms with E-state index in [0.29, 0.717) is 0 Å². The predicted octanol–water partition coefficient (Wildman–Crippen LogP) is 5.50. The van der Waals surface area contributed by atoms with Crippen molar-refractivity contribution in [2.45, 2.75) is 91.9 Å². The molecule has 1 aromatic rings. The van der Waals surface area contributed by atoms with Crippen LogP contribution in [0.5, 0.6) is 0 Å². The van der Waals surface area contributed by atoms with Crippen molar-refractivity contribution in [2.75, 3.05) is 0 Å². The molecule has 0 aliphatic heterocycles.